The summed E-state index contributed by atoms with van der Waals surface area (Å²) < 4.78 is 2.03. The van der Waals surface area contributed by atoms with Gasteiger partial charge in [-0.2, -0.15) is 5.26 Å². The van der Waals surface area contributed by atoms with Gasteiger partial charge >= 0.3 is 0 Å². The van der Waals surface area contributed by atoms with Gasteiger partial charge in [-0.15, -0.1) is 22.9 Å². The highest BCUT2D eigenvalue weighted by molar-refractivity contribution is 9.10. The zero-order chi connectivity index (χ0) is 10.1. The monoisotopic (exact) mass is 285 g/mol. The molecule has 0 saturated carbocycles. The third-order valence-electron chi connectivity index (χ3n) is 2.03. The van der Waals surface area contributed by atoms with Gasteiger partial charge in [-0.3, -0.25) is 0 Å². The summed E-state index contributed by atoms with van der Waals surface area (Å²) in [5, 5.41) is 12.0. The number of nitrogens with zero attached hydrogens (tertiary/aromatic N) is 1. The average molecular weight is 287 g/mol. The van der Waals surface area contributed by atoms with Crippen molar-refractivity contribution in [3.8, 4) is 6.07 Å². The number of hydrogen-bond acceptors (Lipinski definition) is 2. The molecule has 1 nitrogen and oxygen atoms in total. The van der Waals surface area contributed by atoms with Crippen molar-refractivity contribution in [2.45, 2.75) is 5.88 Å². The molecule has 0 radical (unpaired) electrons. The number of benzene rings is 1. The number of alkyl halides is 1. The van der Waals surface area contributed by atoms with E-state index in [-0.39, 0.29) is 0 Å². The second-order valence-corrected chi connectivity index (χ2v) is 4.81. The lowest BCUT2D eigenvalue weighted by molar-refractivity contribution is 1.44. The Labute approximate surface area is 99.0 Å². The topological polar surface area (TPSA) is 23.8 Å². The third kappa shape index (κ3) is 1.44. The van der Waals surface area contributed by atoms with Gasteiger partial charge in [-0.1, -0.05) is 6.07 Å². The van der Waals surface area contributed by atoms with E-state index in [0.29, 0.717) is 11.4 Å². The van der Waals surface area contributed by atoms with Crippen LogP contribution in [0.3, 0.4) is 0 Å². The Kier molecular flexibility index (Phi) is 2.78. The van der Waals surface area contributed by atoms with E-state index in [1.165, 1.54) is 0 Å². The normalized spacial score (nSPS) is 10.4. The highest BCUT2D eigenvalue weighted by Crippen LogP contribution is 2.35. The molecule has 0 bridgehead atoms. The third-order valence-corrected chi connectivity index (χ3v) is 4.26. The summed E-state index contributed by atoms with van der Waals surface area (Å²) in [5.41, 5.74) is 1.78. The molecule has 0 aliphatic rings. The van der Waals surface area contributed by atoms with Crippen molar-refractivity contribution in [2.75, 3.05) is 0 Å². The molecule has 1 aromatic heterocycles. The Bertz CT molecular complexity index is 527. The van der Waals surface area contributed by atoms with Crippen molar-refractivity contribution < 1.29 is 0 Å². The smallest absolute Gasteiger partial charge is 0.101 e. The van der Waals surface area contributed by atoms with E-state index in [0.717, 1.165) is 20.1 Å². The van der Waals surface area contributed by atoms with Crippen molar-refractivity contribution in [3.05, 3.63) is 33.1 Å². The Balaban J connectivity index is 2.89. The molecule has 14 heavy (non-hydrogen) atoms. The Morgan fingerprint density at radius 1 is 1.50 bits per heavy atom. The van der Waals surface area contributed by atoms with Crippen molar-refractivity contribution in [2.24, 2.45) is 0 Å². The maximum absolute atomic E-state index is 8.92. The van der Waals surface area contributed by atoms with Gasteiger partial charge < -0.3 is 0 Å². The van der Waals surface area contributed by atoms with Crippen LogP contribution in [0, 0.1) is 11.3 Å². The fourth-order valence-electron chi connectivity index (χ4n) is 1.38. The van der Waals surface area contributed by atoms with Crippen LogP contribution in [0.1, 0.15) is 11.1 Å². The second kappa shape index (κ2) is 3.90. The molecule has 0 aliphatic heterocycles. The van der Waals surface area contributed by atoms with E-state index in [1.54, 1.807) is 11.3 Å². The summed E-state index contributed by atoms with van der Waals surface area (Å²) in [6, 6.07) is 5.91. The molecule has 0 fully saturated rings. The molecule has 0 aliphatic carbocycles. The van der Waals surface area contributed by atoms with Crippen LogP contribution < -0.4 is 0 Å². The minimum atomic E-state index is 0.470. The predicted octanol–water partition coefficient (Wildman–Crippen LogP) is 4.27. The molecule has 0 N–H and O–H groups in total. The van der Waals surface area contributed by atoms with E-state index in [1.807, 2.05) is 17.5 Å². The van der Waals surface area contributed by atoms with Crippen LogP contribution >= 0.6 is 38.9 Å². The molecule has 0 amide bonds. The van der Waals surface area contributed by atoms with Crippen LogP contribution in [0.15, 0.2) is 22.0 Å². The van der Waals surface area contributed by atoms with Crippen molar-refractivity contribution >= 4 is 49.0 Å². The van der Waals surface area contributed by atoms with Crippen LogP contribution in [0.25, 0.3) is 10.1 Å². The second-order valence-electron chi connectivity index (χ2n) is 2.81. The lowest BCUT2D eigenvalue weighted by Crippen LogP contribution is -1.82. The van der Waals surface area contributed by atoms with Gasteiger partial charge in [0, 0.05) is 21.1 Å². The van der Waals surface area contributed by atoms with Crippen LogP contribution in [0.4, 0.5) is 0 Å². The van der Waals surface area contributed by atoms with Gasteiger partial charge in [0.2, 0.25) is 0 Å². The highest BCUT2D eigenvalue weighted by atomic mass is 79.9. The summed E-state index contributed by atoms with van der Waals surface area (Å²) >= 11 is 10.9. The molecular weight excluding hydrogens is 282 g/mol. The van der Waals surface area contributed by atoms with Gasteiger partial charge in [0.25, 0.3) is 0 Å². The Morgan fingerprint density at radius 2 is 2.29 bits per heavy atom. The maximum atomic E-state index is 8.92. The summed E-state index contributed by atoms with van der Waals surface area (Å²) in [4.78, 5) is 0. The lowest BCUT2D eigenvalue weighted by atomic mass is 10.1. The average Bonchev–Trinajstić information content (AvgIpc) is 2.60. The summed E-state index contributed by atoms with van der Waals surface area (Å²) in [5.74, 6) is 0.470. The molecular formula is C10H5BrClNS. The lowest BCUT2D eigenvalue weighted by Gasteiger charge is -2.00. The minimum Gasteiger partial charge on any atom is -0.192 e. The number of fused-ring (bicyclic) bond motifs is 1. The van der Waals surface area contributed by atoms with E-state index >= 15 is 0 Å². The van der Waals surface area contributed by atoms with Crippen molar-refractivity contribution in [1.29, 1.82) is 5.26 Å². The number of hydrogen-bond donors (Lipinski definition) is 0. The first-order chi connectivity index (χ1) is 6.77. The van der Waals surface area contributed by atoms with Gasteiger partial charge in [-0.25, -0.2) is 0 Å². The Hall–Kier alpha value is -0.560. The summed E-state index contributed by atoms with van der Waals surface area (Å²) in [6.07, 6.45) is 0. The first-order valence-electron chi connectivity index (χ1n) is 3.92. The molecule has 1 aromatic carbocycles. The number of halogens is 2. The van der Waals surface area contributed by atoms with Crippen LogP contribution in [0.5, 0.6) is 0 Å². The molecule has 0 unspecified atom stereocenters. The first kappa shape index (κ1) is 9.97. The predicted molar refractivity (Wildman–Crippen MR) is 63.8 cm³/mol. The maximum Gasteiger partial charge on any atom is 0.101 e. The molecule has 70 valence electrons. The van der Waals surface area contributed by atoms with Gasteiger partial charge in [0.15, 0.2) is 0 Å². The van der Waals surface area contributed by atoms with Crippen LogP contribution in [-0.2, 0) is 5.88 Å². The van der Waals surface area contributed by atoms with Gasteiger partial charge in [0.05, 0.1) is 10.3 Å². The molecule has 2 aromatic rings. The van der Waals surface area contributed by atoms with E-state index < -0.39 is 0 Å². The first-order valence-corrected chi connectivity index (χ1v) is 6.13. The quantitative estimate of drug-likeness (QED) is 0.718. The fourth-order valence-corrected chi connectivity index (χ4v) is 3.40. The summed E-state index contributed by atoms with van der Waals surface area (Å²) in [7, 11) is 0. The number of nitriles is 1. The zero-order valence-electron chi connectivity index (χ0n) is 7.05. The number of thiophene rings is 1. The summed E-state index contributed by atoms with van der Waals surface area (Å²) in [6.45, 7) is 0. The molecule has 0 atom stereocenters. The van der Waals surface area contributed by atoms with Crippen molar-refractivity contribution in [3.63, 3.8) is 0 Å². The van der Waals surface area contributed by atoms with Gasteiger partial charge in [-0.05, 0) is 27.6 Å². The number of rotatable bonds is 1. The van der Waals surface area contributed by atoms with Crippen LogP contribution in [0.2, 0.25) is 0 Å². The Morgan fingerprint density at radius 3 is 2.93 bits per heavy atom. The highest BCUT2D eigenvalue weighted by Gasteiger charge is 2.10. The van der Waals surface area contributed by atoms with E-state index in [4.69, 9.17) is 16.9 Å². The molecule has 4 heteroatoms. The minimum absolute atomic E-state index is 0.470. The molecule has 1 heterocycles. The zero-order valence-corrected chi connectivity index (χ0v) is 10.2. The molecule has 0 saturated heterocycles. The van der Waals surface area contributed by atoms with Gasteiger partial charge in [0.1, 0.15) is 6.07 Å². The van der Waals surface area contributed by atoms with E-state index in [9.17, 15) is 0 Å². The van der Waals surface area contributed by atoms with Crippen molar-refractivity contribution in [1.82, 2.24) is 0 Å². The SMILES string of the molecule is N#Cc1ccc(CCl)c2c(Br)csc12. The fraction of sp³-hybridized carbons (Fsp3) is 0.100. The van der Waals surface area contributed by atoms with Crippen LogP contribution in [-0.4, -0.2) is 0 Å². The molecule has 2 rings (SSSR count). The standard InChI is InChI=1S/C10H5BrClNS/c11-8-5-14-10-7(4-13)2-1-6(3-12)9(8)10/h1-2,5H,3H2. The van der Waals surface area contributed by atoms with E-state index in [2.05, 4.69) is 22.0 Å². The molecule has 0 spiro atoms. The largest absolute Gasteiger partial charge is 0.192 e.